The fraction of sp³-hybridized carbons (Fsp3) is 0.0968. The fourth-order valence-corrected chi connectivity index (χ4v) is 13.6. The molecule has 0 radical (unpaired) electrons. The molecule has 65 heavy (non-hydrogen) atoms. The van der Waals surface area contributed by atoms with Gasteiger partial charge in [0, 0.05) is 69.5 Å². The Kier molecular flexibility index (Phi) is 9.31. The number of thiophene rings is 2. The largest absolute Gasteiger partial charge is 0.310 e. The minimum atomic E-state index is -0.169. The Bertz CT molecular complexity index is 3390. The van der Waals surface area contributed by atoms with Gasteiger partial charge in [0.25, 0.3) is 0 Å². The molecule has 0 saturated heterocycles. The minimum absolute atomic E-state index is 0.123. The summed E-state index contributed by atoms with van der Waals surface area (Å²) in [6.45, 7) is 9.61. The molecule has 2 aromatic heterocycles. The Labute approximate surface area is 390 Å². The monoisotopic (exact) mass is 869 g/mol. The van der Waals surface area contributed by atoms with Crippen molar-refractivity contribution in [1.29, 1.82) is 0 Å². The van der Waals surface area contributed by atoms with Crippen LogP contribution < -0.4 is 4.90 Å². The van der Waals surface area contributed by atoms with Gasteiger partial charge >= 0.3 is 0 Å². The Morgan fingerprint density at radius 2 is 0.754 bits per heavy atom. The van der Waals surface area contributed by atoms with E-state index in [0.29, 0.717) is 0 Å². The van der Waals surface area contributed by atoms with Crippen LogP contribution in [-0.4, -0.2) is 0 Å². The van der Waals surface area contributed by atoms with Crippen LogP contribution in [0.5, 0.6) is 0 Å². The van der Waals surface area contributed by atoms with Crippen LogP contribution in [0.2, 0.25) is 0 Å². The van der Waals surface area contributed by atoms with Crippen LogP contribution in [0.25, 0.3) is 76.5 Å². The third-order valence-corrected chi connectivity index (χ3v) is 16.9. The first kappa shape index (κ1) is 39.5. The van der Waals surface area contributed by atoms with Crippen LogP contribution in [0, 0.1) is 0 Å². The molecule has 0 fully saturated rings. The average molecular weight is 870 g/mol. The summed E-state index contributed by atoms with van der Waals surface area (Å²) < 4.78 is 0. The summed E-state index contributed by atoms with van der Waals surface area (Å²) in [6, 6.07) is 78.2. The Morgan fingerprint density at radius 3 is 1.32 bits per heavy atom. The second-order valence-electron chi connectivity index (χ2n) is 18.4. The second kappa shape index (κ2) is 15.3. The SMILES string of the molecule is CC1(C)c2ccccc2-c2ccc(N(c3ccc(-c4sc5c(c4-c4ccccc4)-c4c(sc(-c6ccccc6)c4-c4ccccc4)C5(C)C)cc3)c3ccccc3-c3ccccc3)cc21. The van der Waals surface area contributed by atoms with Crippen molar-refractivity contribution in [2.45, 2.75) is 38.5 Å². The van der Waals surface area contributed by atoms with Crippen molar-refractivity contribution in [3.63, 3.8) is 0 Å². The predicted molar refractivity (Wildman–Crippen MR) is 279 cm³/mol. The van der Waals surface area contributed by atoms with Crippen molar-refractivity contribution in [1.82, 2.24) is 0 Å². The molecule has 2 aliphatic rings. The molecule has 1 nitrogen and oxygen atoms in total. The quantitative estimate of drug-likeness (QED) is 0.147. The Hall–Kier alpha value is -7.04. The maximum Gasteiger partial charge on any atom is 0.0540 e. The summed E-state index contributed by atoms with van der Waals surface area (Å²) in [7, 11) is 0. The lowest BCUT2D eigenvalue weighted by atomic mass is 9.82. The number of anilines is 3. The molecule has 0 amide bonds. The van der Waals surface area contributed by atoms with E-state index in [1.807, 2.05) is 22.7 Å². The predicted octanol–water partition coefficient (Wildman–Crippen LogP) is 18.2. The number of rotatable bonds is 8. The first-order valence-corrected chi connectivity index (χ1v) is 24.2. The van der Waals surface area contributed by atoms with E-state index in [4.69, 9.17) is 0 Å². The van der Waals surface area contributed by atoms with E-state index < -0.39 is 0 Å². The van der Waals surface area contributed by atoms with E-state index in [2.05, 4.69) is 245 Å². The summed E-state index contributed by atoms with van der Waals surface area (Å²) in [4.78, 5) is 8.01. The van der Waals surface area contributed by atoms with E-state index in [9.17, 15) is 0 Å². The molecule has 312 valence electrons. The molecule has 10 aromatic rings. The van der Waals surface area contributed by atoms with Gasteiger partial charge in [0.1, 0.15) is 0 Å². The third-order valence-electron chi connectivity index (χ3n) is 13.8. The molecule has 2 aliphatic carbocycles. The van der Waals surface area contributed by atoms with Crippen molar-refractivity contribution >= 4 is 39.7 Å². The molecular formula is C62H47NS2. The summed E-state index contributed by atoms with van der Waals surface area (Å²) in [5, 5.41) is 0. The fourth-order valence-electron chi connectivity index (χ4n) is 10.6. The van der Waals surface area contributed by atoms with Gasteiger partial charge in [-0.15, -0.1) is 22.7 Å². The Balaban J connectivity index is 1.05. The van der Waals surface area contributed by atoms with E-state index in [1.54, 1.807) is 0 Å². The molecule has 0 unspecified atom stereocenters. The van der Waals surface area contributed by atoms with Crippen LogP contribution in [0.4, 0.5) is 17.1 Å². The number of fused-ring (bicyclic) bond motifs is 6. The molecule has 0 N–H and O–H groups in total. The smallest absolute Gasteiger partial charge is 0.0540 e. The van der Waals surface area contributed by atoms with Crippen LogP contribution in [0.3, 0.4) is 0 Å². The average Bonchev–Trinajstić information content (AvgIpc) is 4.07. The first-order valence-electron chi connectivity index (χ1n) is 22.6. The molecule has 12 rings (SSSR count). The van der Waals surface area contributed by atoms with Gasteiger partial charge < -0.3 is 4.90 Å². The van der Waals surface area contributed by atoms with Gasteiger partial charge in [-0.3, -0.25) is 0 Å². The number of hydrogen-bond acceptors (Lipinski definition) is 3. The summed E-state index contributed by atoms with van der Waals surface area (Å²) in [6.07, 6.45) is 0. The lowest BCUT2D eigenvalue weighted by Gasteiger charge is -2.30. The van der Waals surface area contributed by atoms with Gasteiger partial charge in [0.15, 0.2) is 0 Å². The van der Waals surface area contributed by atoms with Crippen molar-refractivity contribution in [2.24, 2.45) is 0 Å². The summed E-state index contributed by atoms with van der Waals surface area (Å²) in [5.74, 6) is 0. The van der Waals surface area contributed by atoms with Crippen LogP contribution in [0.15, 0.2) is 212 Å². The number of benzene rings is 8. The first-order chi connectivity index (χ1) is 31.8. The topological polar surface area (TPSA) is 3.24 Å². The lowest BCUT2D eigenvalue weighted by molar-refractivity contribution is 0.660. The van der Waals surface area contributed by atoms with E-state index in [0.717, 1.165) is 17.1 Å². The molecular weight excluding hydrogens is 823 g/mol. The summed E-state index contributed by atoms with van der Waals surface area (Å²) in [5.41, 5.74) is 21.4. The van der Waals surface area contributed by atoms with Crippen molar-refractivity contribution in [3.05, 3.63) is 233 Å². The molecule has 0 bridgehead atoms. The van der Waals surface area contributed by atoms with Gasteiger partial charge in [-0.2, -0.15) is 0 Å². The van der Waals surface area contributed by atoms with Gasteiger partial charge in [-0.05, 0) is 80.4 Å². The maximum atomic E-state index is 2.47. The van der Waals surface area contributed by atoms with Gasteiger partial charge in [-0.25, -0.2) is 0 Å². The zero-order valence-corrected chi connectivity index (χ0v) is 38.6. The number of hydrogen-bond donors (Lipinski definition) is 0. The van der Waals surface area contributed by atoms with Crippen molar-refractivity contribution < 1.29 is 0 Å². The lowest BCUT2D eigenvalue weighted by Crippen LogP contribution is -2.16. The van der Waals surface area contributed by atoms with E-state index >= 15 is 0 Å². The van der Waals surface area contributed by atoms with Crippen LogP contribution in [-0.2, 0) is 10.8 Å². The van der Waals surface area contributed by atoms with Gasteiger partial charge in [0.05, 0.1) is 5.69 Å². The standard InChI is InChI=1S/C62H47NS2/c1-61(2)50-31-19-17-30-48(50)49-38-37-46(39-51(49)61)63(52-32-20-18-29-47(52)40-21-9-5-10-22-40)45-35-33-44(34-36-45)58-54(42-25-13-7-14-26-42)56-55-53(41-23-11-6-12-24-41)57(43-27-15-8-16-28-43)64-59(55)62(3,4)60(56)65-58/h5-39H,1-4H3. The molecule has 2 heterocycles. The maximum absolute atomic E-state index is 2.47. The Morgan fingerprint density at radius 1 is 0.323 bits per heavy atom. The van der Waals surface area contributed by atoms with Crippen molar-refractivity contribution in [2.75, 3.05) is 4.90 Å². The highest BCUT2D eigenvalue weighted by atomic mass is 32.1. The summed E-state index contributed by atoms with van der Waals surface area (Å²) >= 11 is 3.95. The normalized spacial score (nSPS) is 13.8. The zero-order chi connectivity index (χ0) is 43.9. The molecule has 0 spiro atoms. The third kappa shape index (κ3) is 6.25. The highest BCUT2D eigenvalue weighted by Crippen LogP contribution is 2.65. The second-order valence-corrected chi connectivity index (χ2v) is 20.5. The molecule has 0 atom stereocenters. The highest BCUT2D eigenvalue weighted by molar-refractivity contribution is 7.19. The number of nitrogens with zero attached hydrogens (tertiary/aromatic N) is 1. The van der Waals surface area contributed by atoms with Crippen molar-refractivity contribution in [3.8, 4) is 76.5 Å². The van der Waals surface area contributed by atoms with Crippen LogP contribution in [0.1, 0.15) is 48.6 Å². The number of para-hydroxylation sites is 1. The molecule has 8 aromatic carbocycles. The van der Waals surface area contributed by atoms with Gasteiger partial charge in [0.2, 0.25) is 0 Å². The molecule has 0 saturated carbocycles. The molecule has 3 heteroatoms. The van der Waals surface area contributed by atoms with E-state index in [1.165, 1.54) is 97.4 Å². The van der Waals surface area contributed by atoms with E-state index in [-0.39, 0.29) is 10.8 Å². The minimum Gasteiger partial charge on any atom is -0.310 e. The van der Waals surface area contributed by atoms with Crippen LogP contribution >= 0.6 is 22.7 Å². The molecule has 0 aliphatic heterocycles. The zero-order valence-electron chi connectivity index (χ0n) is 37.0. The van der Waals surface area contributed by atoms with Gasteiger partial charge in [-0.1, -0.05) is 210 Å². The highest BCUT2D eigenvalue weighted by Gasteiger charge is 2.45.